The highest BCUT2D eigenvalue weighted by atomic mass is 19.4. The predicted molar refractivity (Wildman–Crippen MR) is 87.7 cm³/mol. The third kappa shape index (κ3) is 5.02. The predicted octanol–water partition coefficient (Wildman–Crippen LogP) is 1.62. The quantitative estimate of drug-likeness (QED) is 0.761. The number of fused-ring (bicyclic) bond motifs is 1. The molecule has 0 bridgehead atoms. The van der Waals surface area contributed by atoms with Crippen LogP contribution in [0.3, 0.4) is 0 Å². The summed E-state index contributed by atoms with van der Waals surface area (Å²) in [6, 6.07) is 9.13. The van der Waals surface area contributed by atoms with E-state index >= 15 is 0 Å². The summed E-state index contributed by atoms with van der Waals surface area (Å²) in [6.07, 6.45) is -4.44. The number of benzene rings is 1. The number of alkyl halides is 3. The van der Waals surface area contributed by atoms with Crippen molar-refractivity contribution in [3.05, 3.63) is 48.2 Å². The molecular formula is C17H14F3N3O5. The first-order valence-electron chi connectivity index (χ1n) is 7.96. The Kier molecular flexibility index (Phi) is 5.52. The van der Waals surface area contributed by atoms with Crippen LogP contribution in [0.1, 0.15) is 10.4 Å². The van der Waals surface area contributed by atoms with Crippen LogP contribution in [0.5, 0.6) is 17.4 Å². The van der Waals surface area contributed by atoms with Gasteiger partial charge in [-0.1, -0.05) is 12.1 Å². The van der Waals surface area contributed by atoms with Crippen LogP contribution < -0.4 is 25.1 Å². The van der Waals surface area contributed by atoms with E-state index in [2.05, 4.69) is 20.6 Å². The summed E-state index contributed by atoms with van der Waals surface area (Å²) < 4.78 is 51.6. The van der Waals surface area contributed by atoms with Gasteiger partial charge >= 0.3 is 6.18 Å². The molecule has 8 nitrogen and oxygen atoms in total. The van der Waals surface area contributed by atoms with E-state index in [4.69, 9.17) is 9.47 Å². The molecule has 0 radical (unpaired) electrons. The number of ether oxygens (including phenoxy) is 3. The fraction of sp³-hybridized carbons (Fsp3) is 0.235. The summed E-state index contributed by atoms with van der Waals surface area (Å²) in [5.74, 6) is -0.737. The molecule has 148 valence electrons. The Morgan fingerprint density at radius 3 is 2.57 bits per heavy atom. The van der Waals surface area contributed by atoms with Gasteiger partial charge in [-0.2, -0.15) is 13.2 Å². The van der Waals surface area contributed by atoms with Crippen molar-refractivity contribution in [3.63, 3.8) is 0 Å². The average molecular weight is 397 g/mol. The van der Waals surface area contributed by atoms with Crippen LogP contribution in [0.2, 0.25) is 0 Å². The van der Waals surface area contributed by atoms with E-state index < -0.39 is 30.7 Å². The second kappa shape index (κ2) is 8.03. The minimum absolute atomic E-state index is 0.00539. The van der Waals surface area contributed by atoms with Gasteiger partial charge in [0.1, 0.15) is 6.61 Å². The Hall–Kier alpha value is -3.50. The third-order valence-corrected chi connectivity index (χ3v) is 3.48. The molecule has 2 amide bonds. The van der Waals surface area contributed by atoms with Crippen LogP contribution in [-0.4, -0.2) is 42.3 Å². The first-order chi connectivity index (χ1) is 13.3. The summed E-state index contributed by atoms with van der Waals surface area (Å²) in [5.41, 5.74) is 4.36. The van der Waals surface area contributed by atoms with Gasteiger partial charge in [0.05, 0.1) is 5.56 Å². The Morgan fingerprint density at radius 2 is 1.89 bits per heavy atom. The molecule has 2 heterocycles. The first kappa shape index (κ1) is 19.3. The molecule has 0 spiro atoms. The number of carbonyl (C=O) groups excluding carboxylic acids is 2. The molecule has 0 fully saturated rings. The molecule has 3 rings (SSSR count). The maximum absolute atomic E-state index is 12.1. The van der Waals surface area contributed by atoms with Crippen molar-refractivity contribution in [3.8, 4) is 17.4 Å². The van der Waals surface area contributed by atoms with Gasteiger partial charge in [-0.05, 0) is 18.2 Å². The van der Waals surface area contributed by atoms with E-state index in [1.807, 2.05) is 0 Å². The molecule has 0 saturated heterocycles. The fourth-order valence-electron chi connectivity index (χ4n) is 2.18. The number of rotatable bonds is 4. The second-order valence-electron chi connectivity index (χ2n) is 5.60. The van der Waals surface area contributed by atoms with Crippen LogP contribution in [0, 0.1) is 0 Å². The minimum atomic E-state index is -4.49. The monoisotopic (exact) mass is 397 g/mol. The Balaban J connectivity index is 1.49. The molecule has 1 aliphatic heterocycles. The molecule has 2 N–H and O–H groups in total. The third-order valence-electron chi connectivity index (χ3n) is 3.48. The standard InChI is InChI=1S/C17H14F3N3O5/c18-17(19,20)9-27-14-6-5-10(7-21-14)15(24)22-23-16(25)13-8-26-11-3-1-2-4-12(11)28-13/h1-7,13H,8-9H2,(H,22,24)(H,23,25). The van der Waals surface area contributed by atoms with Crippen LogP contribution in [0.25, 0.3) is 0 Å². The van der Waals surface area contributed by atoms with Gasteiger partial charge in [-0.3, -0.25) is 20.4 Å². The van der Waals surface area contributed by atoms with Gasteiger partial charge in [0.25, 0.3) is 11.8 Å². The van der Waals surface area contributed by atoms with Crippen molar-refractivity contribution in [2.24, 2.45) is 0 Å². The van der Waals surface area contributed by atoms with E-state index in [1.54, 1.807) is 24.3 Å². The summed E-state index contributed by atoms with van der Waals surface area (Å²) in [7, 11) is 0. The summed E-state index contributed by atoms with van der Waals surface area (Å²) in [4.78, 5) is 27.7. The molecule has 1 aromatic carbocycles. The van der Waals surface area contributed by atoms with Crippen molar-refractivity contribution in [2.45, 2.75) is 12.3 Å². The lowest BCUT2D eigenvalue weighted by atomic mass is 10.2. The molecule has 1 aromatic heterocycles. The molecule has 0 aliphatic carbocycles. The Bertz CT molecular complexity index is 858. The van der Waals surface area contributed by atoms with Crippen molar-refractivity contribution in [1.29, 1.82) is 0 Å². The highest BCUT2D eigenvalue weighted by molar-refractivity contribution is 5.95. The van der Waals surface area contributed by atoms with Crippen molar-refractivity contribution >= 4 is 11.8 Å². The number of hydrogen-bond donors (Lipinski definition) is 2. The van der Waals surface area contributed by atoms with Gasteiger partial charge in [0.15, 0.2) is 18.1 Å². The van der Waals surface area contributed by atoms with Crippen LogP contribution in [0.4, 0.5) is 13.2 Å². The van der Waals surface area contributed by atoms with Crippen LogP contribution in [0.15, 0.2) is 42.6 Å². The topological polar surface area (TPSA) is 98.8 Å². The van der Waals surface area contributed by atoms with E-state index in [1.165, 1.54) is 6.07 Å². The smallest absolute Gasteiger partial charge is 0.422 e. The molecule has 28 heavy (non-hydrogen) atoms. The van der Waals surface area contributed by atoms with Crippen LogP contribution in [-0.2, 0) is 4.79 Å². The van der Waals surface area contributed by atoms with Crippen molar-refractivity contribution in [1.82, 2.24) is 15.8 Å². The molecule has 1 unspecified atom stereocenters. The number of aromatic nitrogens is 1. The summed E-state index contributed by atoms with van der Waals surface area (Å²) in [5, 5.41) is 0. The lowest BCUT2D eigenvalue weighted by molar-refractivity contribution is -0.154. The van der Waals surface area contributed by atoms with E-state index in [0.29, 0.717) is 11.5 Å². The highest BCUT2D eigenvalue weighted by Crippen LogP contribution is 2.30. The number of halogens is 3. The largest absolute Gasteiger partial charge is 0.485 e. The zero-order valence-corrected chi connectivity index (χ0v) is 14.2. The summed E-state index contributed by atoms with van der Waals surface area (Å²) >= 11 is 0. The molecule has 2 aromatic rings. The highest BCUT2D eigenvalue weighted by Gasteiger charge is 2.29. The van der Waals surface area contributed by atoms with Gasteiger partial charge in [0, 0.05) is 12.3 Å². The normalized spacial score (nSPS) is 15.5. The number of nitrogens with one attached hydrogen (secondary N) is 2. The van der Waals surface area contributed by atoms with Crippen LogP contribution >= 0.6 is 0 Å². The van der Waals surface area contributed by atoms with Crippen molar-refractivity contribution < 1.29 is 37.0 Å². The molecule has 11 heteroatoms. The van der Waals surface area contributed by atoms with E-state index in [-0.39, 0.29) is 18.1 Å². The van der Waals surface area contributed by atoms with Gasteiger partial charge in [0.2, 0.25) is 12.0 Å². The average Bonchev–Trinajstić information content (AvgIpc) is 2.69. The number of carbonyl (C=O) groups is 2. The number of nitrogens with zero attached hydrogens (tertiary/aromatic N) is 1. The van der Waals surface area contributed by atoms with E-state index in [0.717, 1.165) is 12.3 Å². The lowest BCUT2D eigenvalue weighted by Gasteiger charge is -2.25. The maximum Gasteiger partial charge on any atom is 0.422 e. The zero-order valence-electron chi connectivity index (χ0n) is 14.2. The minimum Gasteiger partial charge on any atom is -0.485 e. The fourth-order valence-corrected chi connectivity index (χ4v) is 2.18. The molecule has 1 aliphatic rings. The SMILES string of the molecule is O=C(NNC(=O)C1COc2ccccc2O1)c1ccc(OCC(F)(F)F)nc1. The molecule has 1 atom stereocenters. The molecule has 0 saturated carbocycles. The zero-order chi connectivity index (χ0) is 20.1. The van der Waals surface area contributed by atoms with Crippen molar-refractivity contribution in [2.75, 3.05) is 13.2 Å². The Labute approximate surface area is 156 Å². The lowest BCUT2D eigenvalue weighted by Crippen LogP contribution is -2.50. The van der Waals surface area contributed by atoms with Gasteiger partial charge in [-0.25, -0.2) is 4.98 Å². The molecular weight excluding hydrogens is 383 g/mol. The Morgan fingerprint density at radius 1 is 1.14 bits per heavy atom. The first-order valence-corrected chi connectivity index (χ1v) is 7.96. The second-order valence-corrected chi connectivity index (χ2v) is 5.60. The number of pyridine rings is 1. The van der Waals surface area contributed by atoms with Gasteiger partial charge in [-0.15, -0.1) is 0 Å². The van der Waals surface area contributed by atoms with Gasteiger partial charge < -0.3 is 14.2 Å². The maximum atomic E-state index is 12.1. The summed E-state index contributed by atoms with van der Waals surface area (Å²) in [6.45, 7) is -1.53. The number of hydrazine groups is 1. The number of para-hydroxylation sites is 2. The van der Waals surface area contributed by atoms with E-state index in [9.17, 15) is 22.8 Å². The number of hydrogen-bond acceptors (Lipinski definition) is 6. The number of amides is 2.